The smallest absolute Gasteiger partial charge is 0.462 e. The van der Waals surface area contributed by atoms with Gasteiger partial charge in [-0.05, 0) is 50.0 Å². The second-order valence-corrected chi connectivity index (χ2v) is 18.6. The molecule has 7 atom stereocenters. The van der Waals surface area contributed by atoms with Crippen LogP contribution in [0.15, 0.2) is 36.5 Å². The van der Waals surface area contributed by atoms with Crippen LogP contribution in [0.4, 0.5) is 0 Å². The summed E-state index contributed by atoms with van der Waals surface area (Å²) in [6.45, 7) is 3.75. The normalized spacial score (nSPS) is 18.8. The van der Waals surface area contributed by atoms with Gasteiger partial charge in [-0.1, -0.05) is 141 Å². The Morgan fingerprint density at radius 1 is 0.750 bits per heavy atom. The van der Waals surface area contributed by atoms with E-state index in [2.05, 4.69) is 29.8 Å². The van der Waals surface area contributed by atoms with E-state index in [0.717, 1.165) is 50.9 Å². The van der Waals surface area contributed by atoms with Gasteiger partial charge in [0, 0.05) is 18.8 Å². The molecular weight excluding hydrogens is 818 g/mol. The standard InChI is InChI=1S/C43H76O15P2/c1-4-6-17-24-37(44)28-29-40-36(27-30-41(40)46)23-19-15-16-20-25-42(47)54-33-39(34-57-60(52,53)56-32-38(45)31-55-59(49,50)51)58-43(48)26-21-14-12-10-8-7-9-11-13-18-22-35(3)5-2/h15,19,27-30,35-40,44-45H,4-14,16-18,20-26,31-34H2,1-3H3,(H,52,53)(H2,49,50,51)/b19-15-,29-28+/t35?,36-,37-,38-,39+,40+/m0/s1. The predicted octanol–water partition coefficient (Wildman–Crippen LogP) is 8.76. The van der Waals surface area contributed by atoms with Gasteiger partial charge < -0.3 is 34.4 Å². The second kappa shape index (κ2) is 33.5. The maximum Gasteiger partial charge on any atom is 0.472 e. The van der Waals surface area contributed by atoms with Crippen LogP contribution >= 0.6 is 15.6 Å². The number of esters is 2. The van der Waals surface area contributed by atoms with Crippen LogP contribution in [0.3, 0.4) is 0 Å². The number of hydrogen-bond acceptors (Lipinski definition) is 12. The quantitative estimate of drug-likeness (QED) is 0.0169. The molecule has 1 aliphatic rings. The van der Waals surface area contributed by atoms with Crippen LogP contribution in [0.25, 0.3) is 0 Å². The van der Waals surface area contributed by atoms with Crippen molar-refractivity contribution in [3.8, 4) is 0 Å². The first-order chi connectivity index (χ1) is 28.5. The largest absolute Gasteiger partial charge is 0.472 e. The Labute approximate surface area is 358 Å². The topological polar surface area (TPSA) is 233 Å². The molecule has 0 aromatic heterocycles. The lowest BCUT2D eigenvalue weighted by Crippen LogP contribution is -2.30. The Morgan fingerprint density at radius 2 is 1.35 bits per heavy atom. The number of allylic oxidation sites excluding steroid dienone is 5. The lowest BCUT2D eigenvalue weighted by molar-refractivity contribution is -0.161. The summed E-state index contributed by atoms with van der Waals surface area (Å²) in [5.41, 5.74) is 0. The van der Waals surface area contributed by atoms with Gasteiger partial charge in [0.25, 0.3) is 0 Å². The minimum absolute atomic E-state index is 0.0104. The number of unbranched alkanes of at least 4 members (excludes halogenated alkanes) is 12. The van der Waals surface area contributed by atoms with Crippen molar-refractivity contribution in [1.29, 1.82) is 0 Å². The zero-order chi connectivity index (χ0) is 44.7. The monoisotopic (exact) mass is 894 g/mol. The average molecular weight is 895 g/mol. The Kier molecular flexibility index (Phi) is 31.3. The molecule has 17 heteroatoms. The van der Waals surface area contributed by atoms with Crippen molar-refractivity contribution in [3.63, 3.8) is 0 Å². The summed E-state index contributed by atoms with van der Waals surface area (Å²) in [5, 5.41) is 20.0. The molecule has 1 aliphatic carbocycles. The fraction of sp³-hybridized carbons (Fsp3) is 0.791. The lowest BCUT2D eigenvalue weighted by atomic mass is 9.90. The second-order valence-electron chi connectivity index (χ2n) is 15.9. The van der Waals surface area contributed by atoms with Gasteiger partial charge in [0.1, 0.15) is 12.7 Å². The predicted molar refractivity (Wildman–Crippen MR) is 229 cm³/mol. The molecule has 15 nitrogen and oxygen atoms in total. The van der Waals surface area contributed by atoms with Gasteiger partial charge in [0.05, 0.1) is 25.9 Å². The minimum Gasteiger partial charge on any atom is -0.462 e. The van der Waals surface area contributed by atoms with Crippen molar-refractivity contribution < 1.29 is 71.5 Å². The number of aliphatic hydroxyl groups is 2. The highest BCUT2D eigenvalue weighted by Crippen LogP contribution is 2.44. The van der Waals surface area contributed by atoms with Gasteiger partial charge in [-0.15, -0.1) is 0 Å². The number of carbonyl (C=O) groups is 3. The van der Waals surface area contributed by atoms with Crippen molar-refractivity contribution in [3.05, 3.63) is 36.5 Å². The van der Waals surface area contributed by atoms with Crippen molar-refractivity contribution in [1.82, 2.24) is 0 Å². The molecule has 0 fully saturated rings. The van der Waals surface area contributed by atoms with E-state index >= 15 is 0 Å². The molecule has 348 valence electrons. The van der Waals surface area contributed by atoms with Crippen LogP contribution in [-0.4, -0.2) is 87.4 Å². The third-order valence-electron chi connectivity index (χ3n) is 10.3. The SMILES string of the molecule is CCCCC[C@H](O)/C=C/[C@H]1C(=O)C=C[C@@H]1C/C=C\CCCC(=O)OC[C@H](COP(=O)(O)OC[C@@H](O)COP(=O)(O)O)OC(=O)CCCCCCCCCCCCC(C)CC. The van der Waals surface area contributed by atoms with Crippen molar-refractivity contribution in [2.45, 2.75) is 174 Å². The number of hydrogen-bond donors (Lipinski definition) is 5. The molecule has 0 radical (unpaired) electrons. The van der Waals surface area contributed by atoms with Crippen molar-refractivity contribution in [2.24, 2.45) is 17.8 Å². The molecule has 0 heterocycles. The van der Waals surface area contributed by atoms with Crippen LogP contribution in [-0.2, 0) is 46.6 Å². The van der Waals surface area contributed by atoms with E-state index in [4.69, 9.17) is 23.8 Å². The average Bonchev–Trinajstić information content (AvgIpc) is 3.55. The van der Waals surface area contributed by atoms with Gasteiger partial charge in [0.2, 0.25) is 0 Å². The van der Waals surface area contributed by atoms with Crippen LogP contribution in [0, 0.1) is 17.8 Å². The molecular formula is C43H76O15P2. The third kappa shape index (κ3) is 30.9. The number of ether oxygens (including phenoxy) is 2. The number of aliphatic hydroxyl groups excluding tert-OH is 2. The molecule has 0 amide bonds. The van der Waals surface area contributed by atoms with Crippen LogP contribution < -0.4 is 0 Å². The summed E-state index contributed by atoms with van der Waals surface area (Å²) < 4.78 is 47.8. The molecule has 1 rings (SSSR count). The first kappa shape index (κ1) is 56.0. The van der Waals surface area contributed by atoms with E-state index < -0.39 is 72.3 Å². The van der Waals surface area contributed by atoms with Crippen LogP contribution in [0.5, 0.6) is 0 Å². The highest BCUT2D eigenvalue weighted by molar-refractivity contribution is 7.47. The molecule has 0 spiro atoms. The number of ketones is 1. The molecule has 0 aromatic carbocycles. The third-order valence-corrected chi connectivity index (χ3v) is 11.7. The molecule has 60 heavy (non-hydrogen) atoms. The number of rotatable bonds is 38. The van der Waals surface area contributed by atoms with Gasteiger partial charge in [0.15, 0.2) is 11.9 Å². The Hall–Kier alpha value is -2.03. The van der Waals surface area contributed by atoms with Gasteiger partial charge >= 0.3 is 27.6 Å². The lowest BCUT2D eigenvalue weighted by Gasteiger charge is -2.20. The van der Waals surface area contributed by atoms with Crippen molar-refractivity contribution >= 4 is 33.4 Å². The molecule has 0 saturated carbocycles. The van der Waals surface area contributed by atoms with E-state index in [0.29, 0.717) is 32.1 Å². The maximum absolute atomic E-state index is 12.7. The first-order valence-electron chi connectivity index (χ1n) is 22.1. The Bertz CT molecular complexity index is 1360. The van der Waals surface area contributed by atoms with E-state index in [-0.39, 0.29) is 30.5 Å². The minimum atomic E-state index is -4.89. The van der Waals surface area contributed by atoms with E-state index in [1.54, 1.807) is 18.2 Å². The summed E-state index contributed by atoms with van der Waals surface area (Å²) in [6.07, 6.45) is 26.3. The van der Waals surface area contributed by atoms with Crippen LogP contribution in [0.1, 0.15) is 156 Å². The Morgan fingerprint density at radius 3 is 2.00 bits per heavy atom. The molecule has 2 unspecified atom stereocenters. The summed E-state index contributed by atoms with van der Waals surface area (Å²) in [4.78, 5) is 65.2. The summed E-state index contributed by atoms with van der Waals surface area (Å²) in [5.74, 6) is -0.696. The van der Waals surface area contributed by atoms with Gasteiger partial charge in [-0.3, -0.25) is 28.0 Å². The van der Waals surface area contributed by atoms with E-state index in [1.165, 1.54) is 44.9 Å². The molecule has 0 aromatic rings. The maximum atomic E-state index is 12.7. The van der Waals surface area contributed by atoms with E-state index in [1.807, 2.05) is 18.2 Å². The van der Waals surface area contributed by atoms with Crippen molar-refractivity contribution in [2.75, 3.05) is 26.4 Å². The molecule has 0 aliphatic heterocycles. The number of carbonyl (C=O) groups excluding carboxylic acids is 3. The Balaban J connectivity index is 2.53. The molecule has 5 N–H and O–H groups in total. The first-order valence-corrected chi connectivity index (χ1v) is 25.2. The van der Waals surface area contributed by atoms with Crippen LogP contribution in [0.2, 0.25) is 0 Å². The highest BCUT2D eigenvalue weighted by Gasteiger charge is 2.29. The number of phosphoric acid groups is 2. The summed E-state index contributed by atoms with van der Waals surface area (Å²) >= 11 is 0. The summed E-state index contributed by atoms with van der Waals surface area (Å²) in [6, 6.07) is 0. The zero-order valence-electron chi connectivity index (χ0n) is 36.3. The van der Waals surface area contributed by atoms with Gasteiger partial charge in [-0.25, -0.2) is 9.13 Å². The van der Waals surface area contributed by atoms with Gasteiger partial charge in [-0.2, -0.15) is 0 Å². The molecule has 0 saturated heterocycles. The number of phosphoric ester groups is 2. The van der Waals surface area contributed by atoms with E-state index in [9.17, 15) is 38.6 Å². The zero-order valence-corrected chi connectivity index (χ0v) is 38.1. The fourth-order valence-corrected chi connectivity index (χ4v) is 7.59. The summed E-state index contributed by atoms with van der Waals surface area (Å²) in [7, 11) is -9.74. The highest BCUT2D eigenvalue weighted by atomic mass is 31.2. The molecule has 0 bridgehead atoms. The fourth-order valence-electron chi connectivity index (χ4n) is 6.43.